The average molecular weight is 249 g/mol. The summed E-state index contributed by atoms with van der Waals surface area (Å²) in [5, 5.41) is 3.48. The summed E-state index contributed by atoms with van der Waals surface area (Å²) < 4.78 is 5.67. The summed E-state index contributed by atoms with van der Waals surface area (Å²) >= 11 is 0. The van der Waals surface area contributed by atoms with Crippen LogP contribution in [0.25, 0.3) is 0 Å². The topological polar surface area (TPSA) is 21.3 Å². The lowest BCUT2D eigenvalue weighted by Gasteiger charge is -2.14. The number of hydrogen-bond donors (Lipinski definition) is 1. The van der Waals surface area contributed by atoms with Crippen LogP contribution >= 0.6 is 0 Å². The minimum atomic E-state index is 0.592. The molecule has 0 radical (unpaired) electrons. The fraction of sp³-hybridized carbons (Fsp3) is 0.625. The summed E-state index contributed by atoms with van der Waals surface area (Å²) in [5.74, 6) is 1.73. The molecule has 1 aromatic carbocycles. The third-order valence-corrected chi connectivity index (χ3v) is 2.98. The van der Waals surface area contributed by atoms with Crippen LogP contribution in [0.1, 0.15) is 40.0 Å². The number of nitrogens with one attached hydrogen (secondary N) is 1. The number of hydrogen-bond acceptors (Lipinski definition) is 2. The highest BCUT2D eigenvalue weighted by molar-refractivity contribution is 5.20. The van der Waals surface area contributed by atoms with E-state index in [0.717, 1.165) is 31.2 Å². The van der Waals surface area contributed by atoms with Crippen molar-refractivity contribution in [2.75, 3.05) is 13.2 Å². The highest BCUT2D eigenvalue weighted by Crippen LogP contribution is 2.11. The first-order valence-corrected chi connectivity index (χ1v) is 7.09. The van der Waals surface area contributed by atoms with Crippen LogP contribution in [-0.4, -0.2) is 19.2 Å². The smallest absolute Gasteiger partial charge is 0.119 e. The van der Waals surface area contributed by atoms with Gasteiger partial charge >= 0.3 is 0 Å². The Bertz CT molecular complexity index is 297. The molecule has 0 saturated carbocycles. The SMILES string of the molecule is CC(CCCCOc1ccccc1)CNC(C)C. The van der Waals surface area contributed by atoms with Crippen LogP contribution in [0.5, 0.6) is 5.75 Å². The maximum Gasteiger partial charge on any atom is 0.119 e. The molecule has 0 aliphatic heterocycles. The van der Waals surface area contributed by atoms with Crippen molar-refractivity contribution < 1.29 is 4.74 Å². The highest BCUT2D eigenvalue weighted by Gasteiger charge is 2.02. The first kappa shape index (κ1) is 15.0. The molecule has 0 heterocycles. The third kappa shape index (κ3) is 7.33. The summed E-state index contributed by atoms with van der Waals surface area (Å²) in [6, 6.07) is 10.6. The zero-order valence-corrected chi connectivity index (χ0v) is 12.0. The van der Waals surface area contributed by atoms with Gasteiger partial charge in [0.1, 0.15) is 5.75 Å². The summed E-state index contributed by atoms with van der Waals surface area (Å²) in [6.45, 7) is 8.65. The first-order chi connectivity index (χ1) is 8.68. The van der Waals surface area contributed by atoms with E-state index in [9.17, 15) is 0 Å². The Labute approximate surface area is 112 Å². The lowest BCUT2D eigenvalue weighted by molar-refractivity contribution is 0.299. The molecule has 0 saturated heterocycles. The van der Waals surface area contributed by atoms with Gasteiger partial charge in [0.2, 0.25) is 0 Å². The Hall–Kier alpha value is -1.02. The van der Waals surface area contributed by atoms with Gasteiger partial charge in [-0.05, 0) is 43.9 Å². The van der Waals surface area contributed by atoms with Gasteiger partial charge in [-0.15, -0.1) is 0 Å². The number of benzene rings is 1. The fourth-order valence-corrected chi connectivity index (χ4v) is 1.84. The lowest BCUT2D eigenvalue weighted by atomic mass is 10.0. The average Bonchev–Trinajstić information content (AvgIpc) is 2.37. The van der Waals surface area contributed by atoms with E-state index in [1.54, 1.807) is 0 Å². The molecular weight excluding hydrogens is 222 g/mol. The molecule has 1 rings (SSSR count). The second kappa shape index (κ2) is 8.98. The van der Waals surface area contributed by atoms with Gasteiger partial charge in [0.25, 0.3) is 0 Å². The van der Waals surface area contributed by atoms with Crippen LogP contribution in [0.2, 0.25) is 0 Å². The lowest BCUT2D eigenvalue weighted by Crippen LogP contribution is -2.27. The number of ether oxygens (including phenoxy) is 1. The minimum absolute atomic E-state index is 0.592. The van der Waals surface area contributed by atoms with Crippen molar-refractivity contribution in [2.45, 2.75) is 46.1 Å². The maximum atomic E-state index is 5.67. The van der Waals surface area contributed by atoms with Gasteiger partial charge in [0.05, 0.1) is 6.61 Å². The predicted octanol–water partition coefficient (Wildman–Crippen LogP) is 3.87. The van der Waals surface area contributed by atoms with Gasteiger partial charge in [0.15, 0.2) is 0 Å². The van der Waals surface area contributed by atoms with Crippen molar-refractivity contribution in [1.29, 1.82) is 0 Å². The van der Waals surface area contributed by atoms with Crippen molar-refractivity contribution in [2.24, 2.45) is 5.92 Å². The minimum Gasteiger partial charge on any atom is -0.494 e. The Morgan fingerprint density at radius 2 is 1.78 bits per heavy atom. The van der Waals surface area contributed by atoms with E-state index in [-0.39, 0.29) is 0 Å². The van der Waals surface area contributed by atoms with Gasteiger partial charge in [-0.3, -0.25) is 0 Å². The van der Waals surface area contributed by atoms with Crippen molar-refractivity contribution in [3.63, 3.8) is 0 Å². The van der Waals surface area contributed by atoms with E-state index < -0.39 is 0 Å². The Balaban J connectivity index is 1.98. The van der Waals surface area contributed by atoms with Crippen molar-refractivity contribution in [1.82, 2.24) is 5.32 Å². The molecule has 2 heteroatoms. The van der Waals surface area contributed by atoms with E-state index in [4.69, 9.17) is 4.74 Å². The van der Waals surface area contributed by atoms with E-state index >= 15 is 0 Å². The Morgan fingerprint density at radius 1 is 1.06 bits per heavy atom. The van der Waals surface area contributed by atoms with Gasteiger partial charge in [-0.2, -0.15) is 0 Å². The number of unbranched alkanes of at least 4 members (excludes halogenated alkanes) is 1. The molecule has 1 atom stereocenters. The summed E-state index contributed by atoms with van der Waals surface area (Å²) in [7, 11) is 0. The molecular formula is C16H27NO. The molecule has 0 spiro atoms. The quantitative estimate of drug-likeness (QED) is 0.671. The van der Waals surface area contributed by atoms with Crippen molar-refractivity contribution in [3.8, 4) is 5.75 Å². The van der Waals surface area contributed by atoms with Crippen LogP contribution in [0.4, 0.5) is 0 Å². The van der Waals surface area contributed by atoms with Crippen LogP contribution in [0.3, 0.4) is 0 Å². The van der Waals surface area contributed by atoms with E-state index in [2.05, 4.69) is 26.1 Å². The van der Waals surface area contributed by atoms with Crippen LogP contribution in [0, 0.1) is 5.92 Å². The molecule has 1 unspecified atom stereocenters. The summed E-state index contributed by atoms with van der Waals surface area (Å²) in [4.78, 5) is 0. The number of para-hydroxylation sites is 1. The van der Waals surface area contributed by atoms with E-state index in [0.29, 0.717) is 6.04 Å². The van der Waals surface area contributed by atoms with Crippen LogP contribution < -0.4 is 10.1 Å². The molecule has 0 amide bonds. The molecule has 102 valence electrons. The third-order valence-electron chi connectivity index (χ3n) is 2.98. The molecule has 2 nitrogen and oxygen atoms in total. The monoisotopic (exact) mass is 249 g/mol. The number of rotatable bonds is 9. The first-order valence-electron chi connectivity index (χ1n) is 7.09. The van der Waals surface area contributed by atoms with Gasteiger partial charge < -0.3 is 10.1 Å². The molecule has 0 aliphatic rings. The highest BCUT2D eigenvalue weighted by atomic mass is 16.5. The Morgan fingerprint density at radius 3 is 2.44 bits per heavy atom. The summed E-state index contributed by atoms with van der Waals surface area (Å²) in [5.41, 5.74) is 0. The molecule has 0 bridgehead atoms. The largest absolute Gasteiger partial charge is 0.494 e. The maximum absolute atomic E-state index is 5.67. The molecule has 1 N–H and O–H groups in total. The predicted molar refractivity (Wildman–Crippen MR) is 78.1 cm³/mol. The standard InChI is InChI=1S/C16H27NO/c1-14(2)17-13-15(3)9-7-8-12-18-16-10-5-4-6-11-16/h4-6,10-11,14-15,17H,7-9,12-13H2,1-3H3. The van der Waals surface area contributed by atoms with E-state index in [1.807, 2.05) is 30.3 Å². The van der Waals surface area contributed by atoms with Crippen LogP contribution in [0.15, 0.2) is 30.3 Å². The van der Waals surface area contributed by atoms with Gasteiger partial charge in [-0.25, -0.2) is 0 Å². The normalized spacial score (nSPS) is 12.7. The second-order valence-electron chi connectivity index (χ2n) is 5.33. The molecule has 0 fully saturated rings. The van der Waals surface area contributed by atoms with Gasteiger partial charge in [-0.1, -0.05) is 39.0 Å². The molecule has 0 aliphatic carbocycles. The van der Waals surface area contributed by atoms with E-state index in [1.165, 1.54) is 12.8 Å². The van der Waals surface area contributed by atoms with Crippen LogP contribution in [-0.2, 0) is 0 Å². The molecule has 0 aromatic heterocycles. The fourth-order valence-electron chi connectivity index (χ4n) is 1.84. The zero-order valence-electron chi connectivity index (χ0n) is 12.0. The second-order valence-corrected chi connectivity index (χ2v) is 5.33. The van der Waals surface area contributed by atoms with Gasteiger partial charge in [0, 0.05) is 6.04 Å². The Kier molecular flexibility index (Phi) is 7.51. The molecule has 18 heavy (non-hydrogen) atoms. The zero-order chi connectivity index (χ0) is 13.2. The summed E-state index contributed by atoms with van der Waals surface area (Å²) in [6.07, 6.45) is 3.66. The van der Waals surface area contributed by atoms with Crippen molar-refractivity contribution >= 4 is 0 Å². The van der Waals surface area contributed by atoms with Crippen molar-refractivity contribution in [3.05, 3.63) is 30.3 Å². The molecule has 1 aromatic rings.